The monoisotopic (exact) mass is 362 g/mol. The smallest absolute Gasteiger partial charge is 0.271 e. The van der Waals surface area contributed by atoms with E-state index in [1.807, 2.05) is 0 Å². The number of carbonyl (C=O) groups excluding carboxylic acids is 1. The summed E-state index contributed by atoms with van der Waals surface area (Å²) in [5.41, 5.74) is 6.29. The van der Waals surface area contributed by atoms with Crippen LogP contribution >= 0.6 is 0 Å². The highest BCUT2D eigenvalue weighted by Crippen LogP contribution is 2.13. The second kappa shape index (κ2) is 8.79. The second-order valence-electron chi connectivity index (χ2n) is 6.14. The van der Waals surface area contributed by atoms with Gasteiger partial charge in [-0.15, -0.1) is 0 Å². The van der Waals surface area contributed by atoms with Crippen LogP contribution in [0.5, 0.6) is 0 Å². The third-order valence-corrected chi connectivity index (χ3v) is 4.30. The van der Waals surface area contributed by atoms with Gasteiger partial charge in [0.1, 0.15) is 12.0 Å². The Labute approximate surface area is 151 Å². The van der Waals surface area contributed by atoms with Crippen LogP contribution in [-0.2, 0) is 9.53 Å². The maximum absolute atomic E-state index is 12.9. The number of anilines is 1. The number of hydrogen-bond acceptors (Lipinski definition) is 6. The van der Waals surface area contributed by atoms with E-state index in [0.717, 1.165) is 32.8 Å². The molecule has 0 bridgehead atoms. The van der Waals surface area contributed by atoms with E-state index in [1.165, 1.54) is 24.3 Å². The molecule has 1 aromatic carbocycles. The number of aliphatic hydroxyl groups excluding tert-OH is 1. The van der Waals surface area contributed by atoms with E-state index in [2.05, 4.69) is 15.8 Å². The van der Waals surface area contributed by atoms with Crippen molar-refractivity contribution in [1.29, 1.82) is 0 Å². The lowest BCUT2D eigenvalue weighted by atomic mass is 10.2. The highest BCUT2D eigenvalue weighted by Gasteiger charge is 2.19. The summed E-state index contributed by atoms with van der Waals surface area (Å²) in [5, 5.41) is 10.1. The summed E-state index contributed by atoms with van der Waals surface area (Å²) in [4.78, 5) is 16.3. The van der Waals surface area contributed by atoms with Crippen molar-refractivity contribution in [2.24, 2.45) is 0 Å². The minimum Gasteiger partial charge on any atom is -0.379 e. The minimum absolute atomic E-state index is 0.339. The van der Waals surface area contributed by atoms with Gasteiger partial charge in [-0.2, -0.15) is 0 Å². The highest BCUT2D eigenvalue weighted by atomic mass is 19.1. The summed E-state index contributed by atoms with van der Waals surface area (Å²) >= 11 is 0. The molecule has 26 heavy (non-hydrogen) atoms. The first-order valence-corrected chi connectivity index (χ1v) is 8.58. The molecule has 1 saturated heterocycles. The SMILES string of the molecule is O=C(NNc1ccc(F)cc1)C1=CN(CCN2CCOCC2)C(O)C=C1. The van der Waals surface area contributed by atoms with Crippen LogP contribution in [0.4, 0.5) is 10.1 Å². The van der Waals surface area contributed by atoms with Crippen molar-refractivity contribution in [3.05, 3.63) is 54.0 Å². The maximum atomic E-state index is 12.9. The molecule has 3 N–H and O–H groups in total. The van der Waals surface area contributed by atoms with E-state index in [4.69, 9.17) is 4.74 Å². The van der Waals surface area contributed by atoms with E-state index < -0.39 is 6.23 Å². The number of halogens is 1. The van der Waals surface area contributed by atoms with Crippen LogP contribution in [0.2, 0.25) is 0 Å². The quantitative estimate of drug-likeness (QED) is 0.646. The lowest BCUT2D eigenvalue weighted by Crippen LogP contribution is -2.43. The van der Waals surface area contributed by atoms with Crippen LogP contribution in [0.3, 0.4) is 0 Å². The first-order chi connectivity index (χ1) is 12.6. The molecule has 140 valence electrons. The van der Waals surface area contributed by atoms with Gasteiger partial charge >= 0.3 is 0 Å². The van der Waals surface area contributed by atoms with E-state index in [9.17, 15) is 14.3 Å². The van der Waals surface area contributed by atoms with Gasteiger partial charge in [-0.25, -0.2) is 4.39 Å². The van der Waals surface area contributed by atoms with Crippen molar-refractivity contribution in [2.45, 2.75) is 6.23 Å². The molecule has 0 aliphatic carbocycles. The van der Waals surface area contributed by atoms with Crippen LogP contribution in [0.1, 0.15) is 0 Å². The molecule has 0 spiro atoms. The Kier molecular flexibility index (Phi) is 6.21. The minimum atomic E-state index is -0.752. The van der Waals surface area contributed by atoms with Gasteiger partial charge in [-0.1, -0.05) is 0 Å². The molecule has 0 saturated carbocycles. The van der Waals surface area contributed by atoms with E-state index in [0.29, 0.717) is 17.8 Å². The fourth-order valence-electron chi connectivity index (χ4n) is 2.75. The zero-order chi connectivity index (χ0) is 18.4. The molecule has 2 heterocycles. The standard InChI is InChI=1S/C18H23FN4O3/c19-15-2-4-16(5-3-15)20-21-18(25)14-1-6-17(24)23(13-14)8-7-22-9-11-26-12-10-22/h1-6,13,17,20,24H,7-12H2,(H,21,25). The largest absolute Gasteiger partial charge is 0.379 e. The number of ether oxygens (including phenoxy) is 1. The van der Waals surface area contributed by atoms with Gasteiger partial charge in [-0.05, 0) is 36.4 Å². The van der Waals surface area contributed by atoms with E-state index in [-0.39, 0.29) is 11.7 Å². The number of hydrazine groups is 1. The lowest BCUT2D eigenvalue weighted by Gasteiger charge is -2.32. The average molecular weight is 362 g/mol. The molecule has 2 aliphatic rings. The van der Waals surface area contributed by atoms with Crippen molar-refractivity contribution in [3.8, 4) is 0 Å². The molecule has 3 rings (SSSR count). The number of nitrogens with zero attached hydrogens (tertiary/aromatic N) is 2. The van der Waals surface area contributed by atoms with Crippen molar-refractivity contribution in [3.63, 3.8) is 0 Å². The van der Waals surface area contributed by atoms with Gasteiger partial charge in [0.15, 0.2) is 0 Å². The van der Waals surface area contributed by atoms with Crippen LogP contribution in [0.25, 0.3) is 0 Å². The summed E-state index contributed by atoms with van der Waals surface area (Å²) in [6.07, 6.45) is 4.05. The zero-order valence-corrected chi connectivity index (χ0v) is 14.4. The topological polar surface area (TPSA) is 77.1 Å². The normalized spacial score (nSPS) is 20.6. The van der Waals surface area contributed by atoms with Crippen LogP contribution in [-0.4, -0.2) is 66.4 Å². The molecular weight excluding hydrogens is 339 g/mol. The predicted octanol–water partition coefficient (Wildman–Crippen LogP) is 0.675. The molecule has 1 aromatic rings. The lowest BCUT2D eigenvalue weighted by molar-refractivity contribution is -0.116. The average Bonchev–Trinajstić information content (AvgIpc) is 2.67. The summed E-state index contributed by atoms with van der Waals surface area (Å²) in [6, 6.07) is 5.66. The number of amides is 1. The number of morpholine rings is 1. The fraction of sp³-hybridized carbons (Fsp3) is 0.389. The summed E-state index contributed by atoms with van der Waals surface area (Å²) in [5.74, 6) is -0.682. The molecule has 0 aromatic heterocycles. The Hall–Kier alpha value is -2.42. The molecular formula is C18H23FN4O3. The van der Waals surface area contributed by atoms with E-state index in [1.54, 1.807) is 23.3 Å². The Balaban J connectivity index is 1.52. The molecule has 1 amide bonds. The number of carbonyl (C=O) groups is 1. The number of aliphatic hydroxyl groups is 1. The molecule has 7 nitrogen and oxygen atoms in total. The summed E-state index contributed by atoms with van der Waals surface area (Å²) in [7, 11) is 0. The van der Waals surface area contributed by atoms with Crippen LogP contribution in [0, 0.1) is 5.82 Å². The van der Waals surface area contributed by atoms with Gasteiger partial charge < -0.3 is 14.7 Å². The van der Waals surface area contributed by atoms with Crippen molar-refractivity contribution in [2.75, 3.05) is 44.8 Å². The summed E-state index contributed by atoms with van der Waals surface area (Å²) < 4.78 is 18.2. The Morgan fingerprint density at radius 1 is 1.23 bits per heavy atom. The van der Waals surface area contributed by atoms with Gasteiger partial charge in [0.05, 0.1) is 24.5 Å². The van der Waals surface area contributed by atoms with Gasteiger partial charge in [0.25, 0.3) is 5.91 Å². The first-order valence-electron chi connectivity index (χ1n) is 8.58. The number of nitrogens with one attached hydrogen (secondary N) is 2. The first kappa shape index (κ1) is 18.4. The molecule has 1 fully saturated rings. The molecule has 8 heteroatoms. The Morgan fingerprint density at radius 2 is 1.96 bits per heavy atom. The van der Waals surface area contributed by atoms with E-state index >= 15 is 0 Å². The van der Waals surface area contributed by atoms with Crippen LogP contribution < -0.4 is 10.9 Å². The number of benzene rings is 1. The molecule has 1 atom stereocenters. The predicted molar refractivity (Wildman–Crippen MR) is 95.4 cm³/mol. The van der Waals surface area contributed by atoms with Crippen molar-refractivity contribution >= 4 is 11.6 Å². The third kappa shape index (κ3) is 5.04. The van der Waals surface area contributed by atoms with Crippen LogP contribution in [0.15, 0.2) is 48.2 Å². The fourth-order valence-corrected chi connectivity index (χ4v) is 2.75. The Morgan fingerprint density at radius 3 is 2.69 bits per heavy atom. The second-order valence-corrected chi connectivity index (χ2v) is 6.14. The molecule has 2 aliphatic heterocycles. The maximum Gasteiger partial charge on any atom is 0.271 e. The Bertz CT molecular complexity index is 672. The van der Waals surface area contributed by atoms with Crippen molar-refractivity contribution < 1.29 is 19.0 Å². The van der Waals surface area contributed by atoms with Gasteiger partial charge in [-0.3, -0.25) is 20.5 Å². The third-order valence-electron chi connectivity index (χ3n) is 4.30. The molecule has 0 radical (unpaired) electrons. The van der Waals surface area contributed by atoms with Gasteiger partial charge in [0.2, 0.25) is 0 Å². The zero-order valence-electron chi connectivity index (χ0n) is 14.4. The van der Waals surface area contributed by atoms with Crippen molar-refractivity contribution in [1.82, 2.24) is 15.2 Å². The number of rotatable bonds is 6. The highest BCUT2D eigenvalue weighted by molar-refractivity contribution is 5.96. The summed E-state index contributed by atoms with van der Waals surface area (Å²) in [6.45, 7) is 4.58. The number of hydrogen-bond donors (Lipinski definition) is 3. The van der Waals surface area contributed by atoms with Gasteiger partial charge in [0, 0.05) is 32.4 Å². The molecule has 1 unspecified atom stereocenters.